The third-order valence-corrected chi connectivity index (χ3v) is 13.8. The van der Waals surface area contributed by atoms with Crippen molar-refractivity contribution in [1.29, 1.82) is 0 Å². The molecule has 5 heteroatoms. The minimum atomic E-state index is -0.357. The summed E-state index contributed by atoms with van der Waals surface area (Å²) in [4.78, 5) is 10.3. The van der Waals surface area contributed by atoms with Crippen molar-refractivity contribution in [2.24, 2.45) is 9.98 Å². The van der Waals surface area contributed by atoms with E-state index in [1.807, 2.05) is 24.3 Å². The van der Waals surface area contributed by atoms with Crippen LogP contribution in [0.3, 0.4) is 0 Å². The predicted octanol–water partition coefficient (Wildman–Crippen LogP) is 14.3. The van der Waals surface area contributed by atoms with E-state index in [4.69, 9.17) is 9.98 Å². The Hall–Kier alpha value is -8.28. The van der Waals surface area contributed by atoms with Crippen LogP contribution >= 0.6 is 0 Å². The van der Waals surface area contributed by atoms with E-state index in [-0.39, 0.29) is 11.6 Å². The molecule has 1 unspecified atom stereocenters. The van der Waals surface area contributed by atoms with Gasteiger partial charge in [0.1, 0.15) is 12.0 Å². The number of amidine groups is 2. The van der Waals surface area contributed by atoms with Gasteiger partial charge in [-0.3, -0.25) is 0 Å². The molecule has 0 spiro atoms. The molecule has 0 radical (unpaired) electrons. The fourth-order valence-corrected chi connectivity index (χ4v) is 10.6. The lowest BCUT2D eigenvalue weighted by molar-refractivity contribution is 0.661. The molecule has 11 aromatic rings. The molecular weight excluding hydrogens is 791 g/mol. The average Bonchev–Trinajstić information content (AvgIpc) is 3.96. The van der Waals surface area contributed by atoms with Gasteiger partial charge < -0.3 is 14.5 Å². The summed E-state index contributed by atoms with van der Waals surface area (Å²) in [5.41, 5.74) is 17.6. The van der Waals surface area contributed by atoms with Crippen LogP contribution in [0.5, 0.6) is 0 Å². The van der Waals surface area contributed by atoms with Crippen LogP contribution in [0.4, 0.5) is 0 Å². The molecule has 3 heterocycles. The number of rotatable bonds is 6. The first kappa shape index (κ1) is 37.3. The van der Waals surface area contributed by atoms with Gasteiger partial charge in [-0.25, -0.2) is 9.98 Å². The number of para-hydroxylation sites is 2. The largest absolute Gasteiger partial charge is 0.344 e. The summed E-state index contributed by atoms with van der Waals surface area (Å²) in [6.07, 6.45) is -0.357. The molecule has 1 aliphatic heterocycles. The van der Waals surface area contributed by atoms with Crippen LogP contribution in [-0.2, 0) is 5.41 Å². The molecular formula is C60H43N5. The normalized spacial score (nSPS) is 15.2. The Kier molecular flexibility index (Phi) is 8.25. The number of nitrogens with zero attached hydrogens (tertiary/aromatic N) is 4. The number of aromatic nitrogens is 2. The third kappa shape index (κ3) is 5.86. The van der Waals surface area contributed by atoms with Crippen molar-refractivity contribution in [3.05, 3.63) is 240 Å². The fourth-order valence-electron chi connectivity index (χ4n) is 10.6. The van der Waals surface area contributed by atoms with Gasteiger partial charge in [-0.05, 0) is 99.6 Å². The van der Waals surface area contributed by atoms with E-state index in [0.717, 1.165) is 39.4 Å². The van der Waals surface area contributed by atoms with Gasteiger partial charge in [0.05, 0.1) is 22.1 Å². The highest BCUT2D eigenvalue weighted by Gasteiger charge is 2.36. The second kappa shape index (κ2) is 14.4. The number of benzene rings is 9. The van der Waals surface area contributed by atoms with Gasteiger partial charge in [-0.1, -0.05) is 166 Å². The maximum atomic E-state index is 5.26. The molecule has 0 saturated carbocycles. The average molecular weight is 834 g/mol. The van der Waals surface area contributed by atoms with E-state index in [1.165, 1.54) is 71.5 Å². The van der Waals surface area contributed by atoms with Gasteiger partial charge >= 0.3 is 0 Å². The highest BCUT2D eigenvalue weighted by molar-refractivity contribution is 6.15. The van der Waals surface area contributed by atoms with Gasteiger partial charge in [0, 0.05) is 49.5 Å². The van der Waals surface area contributed by atoms with Gasteiger partial charge in [-0.2, -0.15) is 0 Å². The number of nitrogens with one attached hydrogen (secondary N) is 1. The number of hydrogen-bond donors (Lipinski definition) is 1. The lowest BCUT2D eigenvalue weighted by Gasteiger charge is -2.24. The zero-order valence-electron chi connectivity index (χ0n) is 36.1. The van der Waals surface area contributed by atoms with Crippen LogP contribution in [0.2, 0.25) is 0 Å². The Morgan fingerprint density at radius 1 is 0.415 bits per heavy atom. The van der Waals surface area contributed by atoms with E-state index in [9.17, 15) is 0 Å². The Bertz CT molecular complexity index is 3760. The Morgan fingerprint density at radius 2 is 1.03 bits per heavy atom. The molecule has 65 heavy (non-hydrogen) atoms. The topological polar surface area (TPSA) is 46.6 Å². The van der Waals surface area contributed by atoms with Crippen LogP contribution in [0.25, 0.3) is 77.2 Å². The SMILES string of the molecule is CC1(C)c2ccccc2-c2cc3c4ccc(-c5ccc6c(c5)c5ccccc5n6-c5ccccc5)cc4n(-c4cccc(C5N=C(c6ccccc6)N=C(c6ccccc6)N5)c4)c3cc21. The predicted molar refractivity (Wildman–Crippen MR) is 270 cm³/mol. The quantitative estimate of drug-likeness (QED) is 0.178. The molecule has 1 N–H and O–H groups in total. The van der Waals surface area contributed by atoms with Crippen molar-refractivity contribution < 1.29 is 0 Å². The first-order valence-corrected chi connectivity index (χ1v) is 22.4. The van der Waals surface area contributed by atoms with Gasteiger partial charge in [0.2, 0.25) is 0 Å². The number of aliphatic imine (C=N–C) groups is 2. The zero-order valence-corrected chi connectivity index (χ0v) is 36.1. The van der Waals surface area contributed by atoms with Gasteiger partial charge in [-0.15, -0.1) is 0 Å². The van der Waals surface area contributed by atoms with E-state index < -0.39 is 0 Å². The zero-order chi connectivity index (χ0) is 43.2. The molecule has 2 aromatic heterocycles. The maximum Gasteiger partial charge on any atom is 0.159 e. The fraction of sp³-hybridized carbons (Fsp3) is 0.0667. The molecule has 1 aliphatic carbocycles. The monoisotopic (exact) mass is 833 g/mol. The van der Waals surface area contributed by atoms with Crippen molar-refractivity contribution in [2.45, 2.75) is 25.4 Å². The summed E-state index contributed by atoms with van der Waals surface area (Å²) >= 11 is 0. The van der Waals surface area contributed by atoms with E-state index in [2.05, 4.69) is 216 Å². The van der Waals surface area contributed by atoms with Crippen molar-refractivity contribution in [1.82, 2.24) is 14.5 Å². The molecule has 0 amide bonds. The van der Waals surface area contributed by atoms with E-state index in [0.29, 0.717) is 5.84 Å². The Morgan fingerprint density at radius 3 is 1.86 bits per heavy atom. The maximum absolute atomic E-state index is 5.26. The molecule has 9 aromatic carbocycles. The van der Waals surface area contributed by atoms with E-state index in [1.54, 1.807) is 0 Å². The first-order valence-electron chi connectivity index (χ1n) is 22.4. The lowest BCUT2D eigenvalue weighted by atomic mass is 9.82. The first-order chi connectivity index (χ1) is 32.0. The van der Waals surface area contributed by atoms with Crippen molar-refractivity contribution in [3.8, 4) is 33.6 Å². The third-order valence-electron chi connectivity index (χ3n) is 13.8. The molecule has 0 fully saturated rings. The van der Waals surface area contributed by atoms with Crippen LogP contribution in [0.15, 0.2) is 222 Å². The van der Waals surface area contributed by atoms with E-state index >= 15 is 0 Å². The Labute approximate surface area is 377 Å². The molecule has 0 bridgehead atoms. The molecule has 308 valence electrons. The van der Waals surface area contributed by atoms with Crippen molar-refractivity contribution in [3.63, 3.8) is 0 Å². The second-order valence-electron chi connectivity index (χ2n) is 17.9. The number of hydrogen-bond acceptors (Lipinski definition) is 3. The minimum absolute atomic E-state index is 0.148. The summed E-state index contributed by atoms with van der Waals surface area (Å²) in [6.45, 7) is 4.73. The summed E-state index contributed by atoms with van der Waals surface area (Å²) in [5.74, 6) is 1.51. The summed E-state index contributed by atoms with van der Waals surface area (Å²) < 4.78 is 4.86. The van der Waals surface area contributed by atoms with Gasteiger partial charge in [0.15, 0.2) is 5.84 Å². The van der Waals surface area contributed by atoms with Gasteiger partial charge in [0.25, 0.3) is 0 Å². The molecule has 5 nitrogen and oxygen atoms in total. The highest BCUT2D eigenvalue weighted by atomic mass is 15.2. The Balaban J connectivity index is 1.01. The standard InChI is InChI=1S/C60H43N5/c1-60(2)51-27-14-12-25-45(51)48-36-50-47-31-29-41(40-30-32-54-49(34-40)46-26-13-15-28-53(46)64(54)43-22-10-5-11-23-43)35-55(47)65(56(50)37-52(48)60)44-24-16-21-42(33-44)59-62-57(38-17-6-3-7-18-38)61-58(63-59)39-19-8-4-9-20-39/h3-37,59H,1-2H3,(H,61,62,63). The van der Waals surface area contributed by atoms with Crippen LogP contribution in [-0.4, -0.2) is 20.8 Å². The number of fused-ring (bicyclic) bond motifs is 9. The summed E-state index contributed by atoms with van der Waals surface area (Å²) in [6, 6.07) is 76.8. The van der Waals surface area contributed by atoms with Crippen LogP contribution < -0.4 is 5.32 Å². The minimum Gasteiger partial charge on any atom is -0.344 e. The smallest absolute Gasteiger partial charge is 0.159 e. The molecule has 1 atom stereocenters. The molecule has 0 saturated heterocycles. The molecule has 2 aliphatic rings. The van der Waals surface area contributed by atoms with Crippen LogP contribution in [0, 0.1) is 0 Å². The van der Waals surface area contributed by atoms with Crippen molar-refractivity contribution >= 4 is 55.3 Å². The molecule has 13 rings (SSSR count). The second-order valence-corrected chi connectivity index (χ2v) is 17.9. The van der Waals surface area contributed by atoms with Crippen molar-refractivity contribution in [2.75, 3.05) is 0 Å². The lowest BCUT2D eigenvalue weighted by Crippen LogP contribution is -2.33. The van der Waals surface area contributed by atoms with Crippen LogP contribution in [0.1, 0.15) is 47.8 Å². The summed E-state index contributed by atoms with van der Waals surface area (Å²) in [7, 11) is 0. The summed E-state index contributed by atoms with van der Waals surface area (Å²) in [5, 5.41) is 8.65. The highest BCUT2D eigenvalue weighted by Crippen LogP contribution is 2.51.